The van der Waals surface area contributed by atoms with Gasteiger partial charge in [0.2, 0.25) is 0 Å². The summed E-state index contributed by atoms with van der Waals surface area (Å²) in [4.78, 5) is 0. The van der Waals surface area contributed by atoms with Crippen molar-refractivity contribution in [2.75, 3.05) is 6.26 Å². The molecule has 0 spiro atoms. The van der Waals surface area contributed by atoms with E-state index in [0.29, 0.717) is 6.26 Å². The van der Waals surface area contributed by atoms with E-state index in [9.17, 15) is 0 Å². The van der Waals surface area contributed by atoms with E-state index in [-0.39, 0.29) is 0 Å². The number of aromatic nitrogens is 1. The maximum atomic E-state index is 9.08. The molecule has 1 rings (SSSR count). The van der Waals surface area contributed by atoms with Crippen molar-refractivity contribution in [1.29, 1.82) is 0 Å². The lowest BCUT2D eigenvalue weighted by atomic mass is 10.2. The molecule has 0 radical (unpaired) electrons. The zero-order valence-corrected chi connectivity index (χ0v) is 12.2. The van der Waals surface area contributed by atoms with Crippen molar-refractivity contribution in [2.45, 2.75) is 46.1 Å². The van der Waals surface area contributed by atoms with E-state index in [1.807, 2.05) is 0 Å². The highest BCUT2D eigenvalue weighted by Gasteiger charge is 2.05. The molecule has 0 aliphatic carbocycles. The van der Waals surface area contributed by atoms with Gasteiger partial charge in [-0.3, -0.25) is 0 Å². The minimum absolute atomic E-state index is 0.604. The Balaban J connectivity index is 0.000000494. The van der Waals surface area contributed by atoms with E-state index in [4.69, 9.17) is 13.0 Å². The zero-order valence-electron chi connectivity index (χ0n) is 11.4. The van der Waals surface area contributed by atoms with Crippen molar-refractivity contribution >= 4 is 10.1 Å². The topological polar surface area (TPSA) is 61.1 Å². The molecule has 0 unspecified atom stereocenters. The first-order valence-electron chi connectivity index (χ1n) is 6.26. The Kier molecular flexibility index (Phi) is 8.58. The van der Waals surface area contributed by atoms with Gasteiger partial charge in [-0.2, -0.15) is 0 Å². The lowest BCUT2D eigenvalue weighted by molar-refractivity contribution is -0.704. The second kappa shape index (κ2) is 9.05. The molecule has 0 amide bonds. The van der Waals surface area contributed by atoms with E-state index in [1.54, 1.807) is 0 Å². The maximum Gasteiger partial charge on any atom is 0.181 e. The average Bonchev–Trinajstić information content (AvgIpc) is 2.28. The number of aryl methyl sites for hydroxylation is 2. The van der Waals surface area contributed by atoms with E-state index in [0.717, 1.165) is 6.42 Å². The molecule has 1 heterocycles. The quantitative estimate of drug-likeness (QED) is 0.467. The number of rotatable bonds is 5. The van der Waals surface area contributed by atoms with Crippen LogP contribution in [-0.2, 0) is 23.1 Å². The third-order valence-corrected chi connectivity index (χ3v) is 2.40. The summed E-state index contributed by atoms with van der Waals surface area (Å²) in [6.07, 6.45) is 7.87. The molecule has 0 aliphatic heterocycles. The van der Waals surface area contributed by atoms with Crippen molar-refractivity contribution < 1.29 is 17.5 Å². The molecule has 0 atom stereocenters. The summed E-state index contributed by atoms with van der Waals surface area (Å²) >= 11 is 0. The molecule has 18 heavy (non-hydrogen) atoms. The lowest BCUT2D eigenvalue weighted by Crippen LogP contribution is -2.37. The van der Waals surface area contributed by atoms with Crippen LogP contribution >= 0.6 is 0 Å². The molecule has 0 saturated heterocycles. The van der Waals surface area contributed by atoms with Crippen LogP contribution in [0.3, 0.4) is 0 Å². The molecule has 0 bridgehead atoms. The van der Waals surface area contributed by atoms with Gasteiger partial charge in [0.25, 0.3) is 0 Å². The van der Waals surface area contributed by atoms with Crippen LogP contribution in [-0.4, -0.2) is 19.2 Å². The van der Waals surface area contributed by atoms with Crippen LogP contribution in [0.1, 0.15) is 38.8 Å². The molecule has 0 aromatic carbocycles. The Bertz CT molecular complexity index is 422. The second-order valence-electron chi connectivity index (χ2n) is 4.15. The predicted molar refractivity (Wildman–Crippen MR) is 71.2 cm³/mol. The first-order chi connectivity index (χ1) is 8.38. The van der Waals surface area contributed by atoms with Crippen LogP contribution in [0, 0.1) is 0 Å². The van der Waals surface area contributed by atoms with Gasteiger partial charge < -0.3 is 4.55 Å². The maximum absolute atomic E-state index is 9.08. The van der Waals surface area contributed by atoms with Gasteiger partial charge >= 0.3 is 0 Å². The predicted octanol–water partition coefficient (Wildman–Crippen LogP) is 1.89. The van der Waals surface area contributed by atoms with Crippen molar-refractivity contribution in [3.8, 4) is 0 Å². The van der Waals surface area contributed by atoms with Crippen LogP contribution in [0.25, 0.3) is 0 Å². The van der Waals surface area contributed by atoms with Crippen molar-refractivity contribution in [2.24, 2.45) is 0 Å². The molecular formula is C13H23NO3S. The van der Waals surface area contributed by atoms with Crippen molar-refractivity contribution in [3.05, 3.63) is 30.1 Å². The summed E-state index contributed by atoms with van der Waals surface area (Å²) in [5, 5.41) is 0. The summed E-state index contributed by atoms with van der Waals surface area (Å²) in [6.45, 7) is 5.64. The van der Waals surface area contributed by atoms with Gasteiger partial charge in [0.15, 0.2) is 11.9 Å². The first kappa shape index (κ1) is 17.1. The summed E-state index contributed by atoms with van der Waals surface area (Å²) in [7, 11) is -3.92. The standard InChI is InChI=1S/C12H20N.CH4O3S/c1-3-5-7-10-13-11-8-6-9-12(13)4-2;1-5(2,3)4/h6,8-9,11H,3-5,7,10H2,1-2H3;1H3,(H,2,3,4)/q+1;/p-1. The Morgan fingerprint density at radius 1 is 1.22 bits per heavy atom. The highest BCUT2D eigenvalue weighted by atomic mass is 32.2. The molecule has 4 nitrogen and oxygen atoms in total. The second-order valence-corrected chi connectivity index (χ2v) is 5.56. The summed E-state index contributed by atoms with van der Waals surface area (Å²) in [5.74, 6) is 0. The monoisotopic (exact) mass is 273 g/mol. The van der Waals surface area contributed by atoms with Crippen LogP contribution in [0.2, 0.25) is 0 Å². The average molecular weight is 273 g/mol. The van der Waals surface area contributed by atoms with Gasteiger partial charge in [-0.15, -0.1) is 0 Å². The van der Waals surface area contributed by atoms with Crippen LogP contribution in [0.4, 0.5) is 0 Å². The van der Waals surface area contributed by atoms with Gasteiger partial charge in [-0.25, -0.2) is 13.0 Å². The third kappa shape index (κ3) is 10.2. The molecule has 0 saturated carbocycles. The Morgan fingerprint density at radius 2 is 1.83 bits per heavy atom. The van der Waals surface area contributed by atoms with Gasteiger partial charge in [0.1, 0.15) is 6.54 Å². The van der Waals surface area contributed by atoms with E-state index < -0.39 is 10.1 Å². The fourth-order valence-electron chi connectivity index (χ4n) is 1.58. The number of hydrogen-bond acceptors (Lipinski definition) is 3. The van der Waals surface area contributed by atoms with E-state index in [2.05, 4.69) is 42.8 Å². The highest BCUT2D eigenvalue weighted by Crippen LogP contribution is 1.96. The fourth-order valence-corrected chi connectivity index (χ4v) is 1.58. The third-order valence-electron chi connectivity index (χ3n) is 2.40. The molecule has 5 heteroatoms. The first-order valence-corrected chi connectivity index (χ1v) is 8.08. The SMILES string of the molecule is CCCCC[n+]1ccccc1CC.CS(=O)(=O)[O-]. The number of unbranched alkanes of at least 4 members (excludes halogenated alkanes) is 2. The summed E-state index contributed by atoms with van der Waals surface area (Å²) in [6, 6.07) is 6.45. The van der Waals surface area contributed by atoms with Crippen molar-refractivity contribution in [1.82, 2.24) is 0 Å². The minimum atomic E-state index is -3.92. The van der Waals surface area contributed by atoms with E-state index >= 15 is 0 Å². The van der Waals surface area contributed by atoms with Gasteiger partial charge in [-0.1, -0.05) is 26.3 Å². The molecule has 0 fully saturated rings. The van der Waals surface area contributed by atoms with E-state index in [1.165, 1.54) is 31.5 Å². The Labute approximate surface area is 110 Å². The van der Waals surface area contributed by atoms with Gasteiger partial charge in [0.05, 0.1) is 10.1 Å². The fraction of sp³-hybridized carbons (Fsp3) is 0.615. The molecule has 0 N–H and O–H groups in total. The van der Waals surface area contributed by atoms with Gasteiger partial charge in [0, 0.05) is 31.2 Å². The number of pyridine rings is 1. The molecule has 104 valence electrons. The smallest absolute Gasteiger partial charge is 0.181 e. The normalized spacial score (nSPS) is 10.7. The Morgan fingerprint density at radius 3 is 2.33 bits per heavy atom. The van der Waals surface area contributed by atoms with Crippen molar-refractivity contribution in [3.63, 3.8) is 0 Å². The molecule has 0 aliphatic rings. The van der Waals surface area contributed by atoms with Crippen LogP contribution < -0.4 is 4.57 Å². The largest absolute Gasteiger partial charge is 0.748 e. The minimum Gasteiger partial charge on any atom is -0.748 e. The molecule has 1 aromatic rings. The summed E-state index contributed by atoms with van der Waals surface area (Å²) < 4.78 is 29.6. The highest BCUT2D eigenvalue weighted by molar-refractivity contribution is 7.84. The number of hydrogen-bond donors (Lipinski definition) is 0. The Hall–Kier alpha value is -0.940. The lowest BCUT2D eigenvalue weighted by Gasteiger charge is -2.00. The summed E-state index contributed by atoms with van der Waals surface area (Å²) in [5.41, 5.74) is 1.44. The van der Waals surface area contributed by atoms with Crippen LogP contribution in [0.5, 0.6) is 0 Å². The number of nitrogens with zero attached hydrogens (tertiary/aromatic N) is 1. The molecular weight excluding hydrogens is 250 g/mol. The molecule has 1 aromatic heterocycles. The van der Waals surface area contributed by atoms with Gasteiger partial charge in [-0.05, 0) is 6.42 Å². The van der Waals surface area contributed by atoms with Crippen LogP contribution in [0.15, 0.2) is 24.4 Å². The zero-order chi connectivity index (χ0) is 14.0.